The fourth-order valence-electron chi connectivity index (χ4n) is 3.30. The van der Waals surface area contributed by atoms with Gasteiger partial charge in [-0.1, -0.05) is 106 Å². The molecule has 0 aliphatic rings. The van der Waals surface area contributed by atoms with Gasteiger partial charge in [0.05, 0.1) is 0 Å². The van der Waals surface area contributed by atoms with Crippen LogP contribution in [0.4, 0.5) is 0 Å². The van der Waals surface area contributed by atoms with Crippen LogP contribution in [0.15, 0.2) is 54.6 Å². The van der Waals surface area contributed by atoms with Crippen molar-refractivity contribution in [1.29, 1.82) is 0 Å². The molecule has 0 fully saturated rings. The van der Waals surface area contributed by atoms with Crippen molar-refractivity contribution in [2.45, 2.75) is 77.7 Å². The monoisotopic (exact) mass is 366 g/mol. The fraction of sp³-hybridized carbons (Fsp3) is 0.480. The van der Waals surface area contributed by atoms with E-state index in [0.717, 1.165) is 18.4 Å². The lowest BCUT2D eigenvalue weighted by molar-refractivity contribution is -0.148. The average Bonchev–Trinajstić information content (AvgIpc) is 2.70. The SMILES string of the molecule is CCCCCCCCCCC(=O)OC(C)c1ccc(-c2ccccc2)cc1. The number of carbonyl (C=O) groups is 1. The molecule has 1 unspecified atom stereocenters. The van der Waals surface area contributed by atoms with E-state index in [1.807, 2.05) is 25.1 Å². The highest BCUT2D eigenvalue weighted by Gasteiger charge is 2.11. The first-order valence-electron chi connectivity index (χ1n) is 10.6. The van der Waals surface area contributed by atoms with E-state index in [1.165, 1.54) is 49.7 Å². The van der Waals surface area contributed by atoms with Crippen LogP contribution in [0.3, 0.4) is 0 Å². The topological polar surface area (TPSA) is 26.3 Å². The predicted octanol–water partition coefficient (Wildman–Crippen LogP) is 7.49. The quantitative estimate of drug-likeness (QED) is 0.287. The molecule has 0 aliphatic heterocycles. The lowest BCUT2D eigenvalue weighted by Gasteiger charge is -2.14. The van der Waals surface area contributed by atoms with Crippen molar-refractivity contribution >= 4 is 5.97 Å². The van der Waals surface area contributed by atoms with Crippen LogP contribution < -0.4 is 0 Å². The Kier molecular flexibility index (Phi) is 9.68. The molecule has 0 aliphatic carbocycles. The first kappa shape index (κ1) is 21.2. The third kappa shape index (κ3) is 7.99. The summed E-state index contributed by atoms with van der Waals surface area (Å²) < 4.78 is 5.60. The van der Waals surface area contributed by atoms with Crippen LogP contribution in [-0.2, 0) is 9.53 Å². The fourth-order valence-corrected chi connectivity index (χ4v) is 3.30. The minimum absolute atomic E-state index is 0.0828. The summed E-state index contributed by atoms with van der Waals surface area (Å²) >= 11 is 0. The summed E-state index contributed by atoms with van der Waals surface area (Å²) in [5.41, 5.74) is 3.42. The molecule has 0 saturated heterocycles. The highest BCUT2D eigenvalue weighted by Crippen LogP contribution is 2.23. The van der Waals surface area contributed by atoms with Gasteiger partial charge in [0.15, 0.2) is 0 Å². The summed E-state index contributed by atoms with van der Waals surface area (Å²) in [5, 5.41) is 0. The molecule has 2 aromatic carbocycles. The summed E-state index contributed by atoms with van der Waals surface area (Å²) in [4.78, 5) is 12.1. The van der Waals surface area contributed by atoms with Crippen molar-refractivity contribution in [3.05, 3.63) is 60.2 Å². The molecule has 2 rings (SSSR count). The zero-order valence-corrected chi connectivity index (χ0v) is 17.0. The molecule has 146 valence electrons. The number of unbranched alkanes of at least 4 members (excludes halogenated alkanes) is 7. The molecule has 2 aromatic rings. The van der Waals surface area contributed by atoms with Gasteiger partial charge in [-0.25, -0.2) is 0 Å². The van der Waals surface area contributed by atoms with Crippen molar-refractivity contribution < 1.29 is 9.53 Å². The maximum atomic E-state index is 12.1. The van der Waals surface area contributed by atoms with Gasteiger partial charge in [0, 0.05) is 6.42 Å². The molecular formula is C25H34O2. The Bertz CT molecular complexity index is 646. The number of ether oxygens (including phenoxy) is 1. The summed E-state index contributed by atoms with van der Waals surface area (Å²) in [6, 6.07) is 18.6. The molecule has 0 heterocycles. The number of carbonyl (C=O) groups excluding carboxylic acids is 1. The van der Waals surface area contributed by atoms with Crippen LogP contribution >= 0.6 is 0 Å². The van der Waals surface area contributed by atoms with Crippen LogP contribution in [0.1, 0.15) is 83.3 Å². The van der Waals surface area contributed by atoms with Crippen molar-refractivity contribution in [3.63, 3.8) is 0 Å². The molecule has 0 saturated carbocycles. The van der Waals surface area contributed by atoms with Gasteiger partial charge in [-0.15, -0.1) is 0 Å². The number of hydrogen-bond donors (Lipinski definition) is 0. The first-order valence-corrected chi connectivity index (χ1v) is 10.6. The second-order valence-electron chi connectivity index (χ2n) is 7.34. The van der Waals surface area contributed by atoms with Gasteiger partial charge in [0.1, 0.15) is 6.10 Å². The molecule has 0 amide bonds. The minimum Gasteiger partial charge on any atom is -0.458 e. The molecule has 27 heavy (non-hydrogen) atoms. The number of rotatable bonds is 12. The largest absolute Gasteiger partial charge is 0.458 e. The van der Waals surface area contributed by atoms with Gasteiger partial charge in [-0.3, -0.25) is 4.79 Å². The van der Waals surface area contributed by atoms with Crippen LogP contribution in [0, 0.1) is 0 Å². The molecule has 2 nitrogen and oxygen atoms in total. The average molecular weight is 367 g/mol. The lowest BCUT2D eigenvalue weighted by Crippen LogP contribution is -2.08. The van der Waals surface area contributed by atoms with E-state index in [4.69, 9.17) is 4.74 Å². The molecule has 0 N–H and O–H groups in total. The molecule has 0 bridgehead atoms. The van der Waals surface area contributed by atoms with E-state index in [2.05, 4.69) is 43.3 Å². The van der Waals surface area contributed by atoms with E-state index in [1.54, 1.807) is 0 Å². The van der Waals surface area contributed by atoms with Crippen LogP contribution in [0.5, 0.6) is 0 Å². The summed E-state index contributed by atoms with van der Waals surface area (Å²) in [7, 11) is 0. The van der Waals surface area contributed by atoms with Gasteiger partial charge in [0.2, 0.25) is 0 Å². The van der Waals surface area contributed by atoms with E-state index in [0.29, 0.717) is 6.42 Å². The Balaban J connectivity index is 1.67. The van der Waals surface area contributed by atoms with Crippen molar-refractivity contribution in [2.24, 2.45) is 0 Å². The third-order valence-corrected chi connectivity index (χ3v) is 5.03. The molecule has 0 radical (unpaired) electrons. The van der Waals surface area contributed by atoms with Crippen LogP contribution in [0.2, 0.25) is 0 Å². The number of hydrogen-bond acceptors (Lipinski definition) is 2. The van der Waals surface area contributed by atoms with Crippen LogP contribution in [0.25, 0.3) is 11.1 Å². The highest BCUT2D eigenvalue weighted by molar-refractivity contribution is 5.69. The summed E-state index contributed by atoms with van der Waals surface area (Å²) in [5.74, 6) is -0.0828. The van der Waals surface area contributed by atoms with Gasteiger partial charge in [-0.05, 0) is 30.0 Å². The second-order valence-corrected chi connectivity index (χ2v) is 7.34. The number of benzene rings is 2. The Morgan fingerprint density at radius 2 is 1.33 bits per heavy atom. The summed E-state index contributed by atoms with van der Waals surface area (Å²) in [6.45, 7) is 4.19. The minimum atomic E-state index is -0.198. The standard InChI is InChI=1S/C25H34O2/c1-3-4-5-6-7-8-9-13-16-25(26)27-21(2)22-17-19-24(20-18-22)23-14-11-10-12-15-23/h10-12,14-15,17-21H,3-9,13,16H2,1-2H3. The Morgan fingerprint density at radius 1 is 0.778 bits per heavy atom. The Labute approximate surface area is 165 Å². The van der Waals surface area contributed by atoms with E-state index in [9.17, 15) is 4.79 Å². The van der Waals surface area contributed by atoms with Gasteiger partial charge >= 0.3 is 5.97 Å². The molecular weight excluding hydrogens is 332 g/mol. The molecule has 2 heteroatoms. The summed E-state index contributed by atoms with van der Waals surface area (Å²) in [6.07, 6.45) is 10.2. The van der Waals surface area contributed by atoms with Crippen LogP contribution in [-0.4, -0.2) is 5.97 Å². The highest BCUT2D eigenvalue weighted by atomic mass is 16.5. The van der Waals surface area contributed by atoms with Crippen molar-refractivity contribution in [1.82, 2.24) is 0 Å². The van der Waals surface area contributed by atoms with E-state index in [-0.39, 0.29) is 12.1 Å². The molecule has 1 atom stereocenters. The Morgan fingerprint density at radius 3 is 1.96 bits per heavy atom. The molecule has 0 aromatic heterocycles. The Hall–Kier alpha value is -2.09. The molecule has 0 spiro atoms. The van der Waals surface area contributed by atoms with Gasteiger partial charge in [0.25, 0.3) is 0 Å². The number of esters is 1. The van der Waals surface area contributed by atoms with Crippen molar-refractivity contribution in [3.8, 4) is 11.1 Å². The first-order chi connectivity index (χ1) is 13.2. The van der Waals surface area contributed by atoms with E-state index >= 15 is 0 Å². The van der Waals surface area contributed by atoms with E-state index < -0.39 is 0 Å². The maximum absolute atomic E-state index is 12.1. The predicted molar refractivity (Wildman–Crippen MR) is 114 cm³/mol. The lowest BCUT2D eigenvalue weighted by atomic mass is 10.0. The third-order valence-electron chi connectivity index (χ3n) is 5.03. The van der Waals surface area contributed by atoms with Crippen molar-refractivity contribution in [2.75, 3.05) is 0 Å². The van der Waals surface area contributed by atoms with Gasteiger partial charge < -0.3 is 4.74 Å². The van der Waals surface area contributed by atoms with Gasteiger partial charge in [-0.2, -0.15) is 0 Å². The zero-order chi connectivity index (χ0) is 19.3. The maximum Gasteiger partial charge on any atom is 0.306 e. The smallest absolute Gasteiger partial charge is 0.306 e. The normalized spacial score (nSPS) is 11.9. The zero-order valence-electron chi connectivity index (χ0n) is 17.0. The second kappa shape index (κ2) is 12.3.